The molecule has 1 N–H and O–H groups in total. The predicted molar refractivity (Wildman–Crippen MR) is 98.2 cm³/mol. The van der Waals surface area contributed by atoms with Crippen molar-refractivity contribution in [2.75, 3.05) is 13.7 Å². The molecule has 6 heteroatoms. The number of carbonyl (C=O) groups excluding carboxylic acids is 1. The lowest BCUT2D eigenvalue weighted by Gasteiger charge is -2.05. The summed E-state index contributed by atoms with van der Waals surface area (Å²) in [5, 5.41) is 3.61. The topological polar surface area (TPSA) is 55.6 Å². The second-order valence-electron chi connectivity index (χ2n) is 5.79. The van der Waals surface area contributed by atoms with Crippen LogP contribution in [0.25, 0.3) is 5.65 Å². The number of fused-ring (bicyclic) bond motifs is 1. The van der Waals surface area contributed by atoms with Gasteiger partial charge in [0.15, 0.2) is 0 Å². The molecule has 25 heavy (non-hydrogen) atoms. The molecule has 0 radical (unpaired) electrons. The van der Waals surface area contributed by atoms with E-state index in [1.165, 1.54) is 0 Å². The average molecular weight is 358 g/mol. The third-order valence-electron chi connectivity index (χ3n) is 3.97. The molecule has 1 amide bonds. The van der Waals surface area contributed by atoms with Crippen molar-refractivity contribution in [3.8, 4) is 5.75 Å². The molecule has 0 saturated heterocycles. The van der Waals surface area contributed by atoms with E-state index >= 15 is 0 Å². The van der Waals surface area contributed by atoms with Crippen LogP contribution in [0.15, 0.2) is 48.8 Å². The van der Waals surface area contributed by atoms with E-state index in [0.717, 1.165) is 22.7 Å². The Bertz CT molecular complexity index is 859. The molecule has 1 aromatic carbocycles. The van der Waals surface area contributed by atoms with Gasteiger partial charge in [-0.15, -0.1) is 0 Å². The number of carbonyl (C=O) groups is 1. The average Bonchev–Trinajstić information content (AvgIpc) is 3.02. The smallest absolute Gasteiger partial charge is 0.220 e. The zero-order chi connectivity index (χ0) is 17.6. The Balaban J connectivity index is 1.43. The Morgan fingerprint density at radius 1 is 1.16 bits per heavy atom. The van der Waals surface area contributed by atoms with Gasteiger partial charge in [-0.1, -0.05) is 23.7 Å². The number of nitrogens with one attached hydrogen (secondary N) is 1. The lowest BCUT2D eigenvalue weighted by atomic mass is 10.1. The molecule has 0 spiro atoms. The SMILES string of the molecule is COc1ccc(CCC(=O)NCCc2cn3cc(Cl)ccc3n2)cc1. The van der Waals surface area contributed by atoms with E-state index in [1.54, 1.807) is 7.11 Å². The second-order valence-corrected chi connectivity index (χ2v) is 6.23. The Hall–Kier alpha value is -2.53. The van der Waals surface area contributed by atoms with E-state index < -0.39 is 0 Å². The van der Waals surface area contributed by atoms with Gasteiger partial charge in [0.25, 0.3) is 0 Å². The van der Waals surface area contributed by atoms with E-state index in [1.807, 2.05) is 53.2 Å². The number of aryl methyl sites for hydroxylation is 1. The first kappa shape index (κ1) is 17.3. The maximum Gasteiger partial charge on any atom is 0.220 e. The van der Waals surface area contributed by atoms with Crippen molar-refractivity contribution < 1.29 is 9.53 Å². The van der Waals surface area contributed by atoms with Crippen molar-refractivity contribution in [1.82, 2.24) is 14.7 Å². The number of halogens is 1. The number of ether oxygens (including phenoxy) is 1. The van der Waals surface area contributed by atoms with Crippen molar-refractivity contribution in [3.63, 3.8) is 0 Å². The fourth-order valence-corrected chi connectivity index (χ4v) is 2.77. The quantitative estimate of drug-likeness (QED) is 0.706. The Labute approximate surface area is 151 Å². The number of hydrogen-bond acceptors (Lipinski definition) is 3. The fourth-order valence-electron chi connectivity index (χ4n) is 2.61. The molecule has 2 aromatic heterocycles. The van der Waals surface area contributed by atoms with Crippen LogP contribution in [0.4, 0.5) is 0 Å². The van der Waals surface area contributed by atoms with Crippen LogP contribution < -0.4 is 10.1 Å². The summed E-state index contributed by atoms with van der Waals surface area (Å²) >= 11 is 5.96. The lowest BCUT2D eigenvalue weighted by Crippen LogP contribution is -2.25. The number of pyridine rings is 1. The standard InChI is InChI=1S/C19H20ClN3O2/c1-25-17-6-2-14(3-7-17)4-9-19(24)21-11-10-16-13-23-12-15(20)5-8-18(23)22-16/h2-3,5-8,12-13H,4,9-11H2,1H3,(H,21,24). The normalized spacial score (nSPS) is 10.8. The number of imidazole rings is 1. The summed E-state index contributed by atoms with van der Waals surface area (Å²) in [6.07, 6.45) is 5.62. The summed E-state index contributed by atoms with van der Waals surface area (Å²) in [6.45, 7) is 0.569. The maximum absolute atomic E-state index is 12.0. The van der Waals surface area contributed by atoms with Crippen molar-refractivity contribution >= 4 is 23.2 Å². The molecule has 0 unspecified atom stereocenters. The first-order valence-corrected chi connectivity index (χ1v) is 8.54. The van der Waals surface area contributed by atoms with Gasteiger partial charge >= 0.3 is 0 Å². The molecule has 0 atom stereocenters. The summed E-state index contributed by atoms with van der Waals surface area (Å²) in [7, 11) is 1.64. The highest BCUT2D eigenvalue weighted by molar-refractivity contribution is 6.30. The number of benzene rings is 1. The van der Waals surface area contributed by atoms with E-state index in [4.69, 9.17) is 16.3 Å². The molecular weight excluding hydrogens is 338 g/mol. The van der Waals surface area contributed by atoms with Crippen LogP contribution >= 0.6 is 11.6 Å². The minimum absolute atomic E-state index is 0.0441. The highest BCUT2D eigenvalue weighted by Crippen LogP contribution is 2.13. The number of aromatic nitrogens is 2. The first-order chi connectivity index (χ1) is 12.1. The lowest BCUT2D eigenvalue weighted by molar-refractivity contribution is -0.121. The second kappa shape index (κ2) is 8.03. The van der Waals surface area contributed by atoms with E-state index in [2.05, 4.69) is 10.3 Å². The van der Waals surface area contributed by atoms with Crippen LogP contribution in [0.2, 0.25) is 5.02 Å². The molecule has 0 saturated carbocycles. The molecule has 0 aliphatic carbocycles. The third-order valence-corrected chi connectivity index (χ3v) is 4.19. The van der Waals surface area contributed by atoms with Crippen LogP contribution in [0, 0.1) is 0 Å². The van der Waals surface area contributed by atoms with Gasteiger partial charge in [-0.05, 0) is 36.2 Å². The van der Waals surface area contributed by atoms with E-state index in [-0.39, 0.29) is 5.91 Å². The molecule has 3 aromatic rings. The number of methoxy groups -OCH3 is 1. The Morgan fingerprint density at radius 3 is 2.72 bits per heavy atom. The van der Waals surface area contributed by atoms with E-state index in [0.29, 0.717) is 30.8 Å². The maximum atomic E-state index is 12.0. The van der Waals surface area contributed by atoms with Crippen LogP contribution in [0.1, 0.15) is 17.7 Å². The summed E-state index contributed by atoms with van der Waals surface area (Å²) < 4.78 is 7.02. The monoisotopic (exact) mass is 357 g/mol. The van der Waals surface area contributed by atoms with Crippen LogP contribution in [0.5, 0.6) is 5.75 Å². The van der Waals surface area contributed by atoms with Gasteiger partial charge in [-0.3, -0.25) is 4.79 Å². The number of amides is 1. The van der Waals surface area contributed by atoms with Crippen molar-refractivity contribution in [2.24, 2.45) is 0 Å². The third kappa shape index (κ3) is 4.73. The fraction of sp³-hybridized carbons (Fsp3) is 0.263. The zero-order valence-corrected chi connectivity index (χ0v) is 14.8. The largest absolute Gasteiger partial charge is 0.497 e. The van der Waals surface area contributed by atoms with Crippen LogP contribution in [-0.2, 0) is 17.6 Å². The summed E-state index contributed by atoms with van der Waals surface area (Å²) in [4.78, 5) is 16.5. The van der Waals surface area contributed by atoms with Gasteiger partial charge in [0.1, 0.15) is 11.4 Å². The van der Waals surface area contributed by atoms with Gasteiger partial charge < -0.3 is 14.5 Å². The summed E-state index contributed by atoms with van der Waals surface area (Å²) in [5.41, 5.74) is 2.90. The Morgan fingerprint density at radius 2 is 1.96 bits per heavy atom. The van der Waals surface area contributed by atoms with Gasteiger partial charge in [0.05, 0.1) is 17.8 Å². The predicted octanol–water partition coefficient (Wildman–Crippen LogP) is 3.29. The molecule has 5 nitrogen and oxygen atoms in total. The van der Waals surface area contributed by atoms with Gasteiger partial charge in [0, 0.05) is 31.8 Å². The van der Waals surface area contributed by atoms with Crippen LogP contribution in [0.3, 0.4) is 0 Å². The van der Waals surface area contributed by atoms with E-state index in [9.17, 15) is 4.79 Å². The molecule has 0 bridgehead atoms. The van der Waals surface area contributed by atoms with Gasteiger partial charge in [-0.2, -0.15) is 0 Å². The minimum Gasteiger partial charge on any atom is -0.497 e. The van der Waals surface area contributed by atoms with Crippen molar-refractivity contribution in [2.45, 2.75) is 19.3 Å². The summed E-state index contributed by atoms with van der Waals surface area (Å²) in [5.74, 6) is 0.865. The number of rotatable bonds is 7. The zero-order valence-electron chi connectivity index (χ0n) is 14.0. The minimum atomic E-state index is 0.0441. The van der Waals surface area contributed by atoms with Crippen molar-refractivity contribution in [3.05, 3.63) is 65.1 Å². The molecule has 3 rings (SSSR count). The van der Waals surface area contributed by atoms with Gasteiger partial charge in [-0.25, -0.2) is 4.98 Å². The molecule has 130 valence electrons. The molecular formula is C19H20ClN3O2. The summed E-state index contributed by atoms with van der Waals surface area (Å²) in [6, 6.07) is 11.5. The highest BCUT2D eigenvalue weighted by Gasteiger charge is 2.05. The number of nitrogens with zero attached hydrogens (tertiary/aromatic N) is 2. The van der Waals surface area contributed by atoms with Crippen LogP contribution in [-0.4, -0.2) is 28.9 Å². The van der Waals surface area contributed by atoms with Gasteiger partial charge in [0.2, 0.25) is 5.91 Å². The molecule has 2 heterocycles. The highest BCUT2D eigenvalue weighted by atomic mass is 35.5. The number of hydrogen-bond donors (Lipinski definition) is 1. The van der Waals surface area contributed by atoms with Crippen molar-refractivity contribution in [1.29, 1.82) is 0 Å². The molecule has 0 aliphatic rings. The Kier molecular flexibility index (Phi) is 5.56. The molecule has 0 aliphatic heterocycles. The molecule has 0 fully saturated rings. The first-order valence-electron chi connectivity index (χ1n) is 8.17.